The number of ether oxygens (including phenoxy) is 1. The minimum absolute atomic E-state index is 0.251. The molecule has 0 aliphatic heterocycles. The molecule has 0 fully saturated rings. The molecule has 0 heterocycles. The minimum Gasteiger partial charge on any atom is -0.444 e. The van der Waals surface area contributed by atoms with Crippen LogP contribution >= 0.6 is 0 Å². The summed E-state index contributed by atoms with van der Waals surface area (Å²) < 4.78 is 30.5. The van der Waals surface area contributed by atoms with Gasteiger partial charge in [-0.3, -0.25) is 14.8 Å². The lowest BCUT2D eigenvalue weighted by molar-refractivity contribution is 0.0635. The van der Waals surface area contributed by atoms with E-state index in [4.69, 9.17) is 4.74 Å². The molecule has 2 aromatic rings. The Morgan fingerprint density at radius 2 is 1.57 bits per heavy atom. The van der Waals surface area contributed by atoms with Crippen LogP contribution in [-0.4, -0.2) is 32.3 Å². The van der Waals surface area contributed by atoms with Crippen LogP contribution in [0.5, 0.6) is 0 Å². The quantitative estimate of drug-likeness (QED) is 0.702. The summed E-state index contributed by atoms with van der Waals surface area (Å²) in [5.74, 6) is -0.462. The highest BCUT2D eigenvalue weighted by atomic mass is 32.2. The summed E-state index contributed by atoms with van der Waals surface area (Å²) in [4.78, 5) is 24.4. The maximum absolute atomic E-state index is 12.6. The standard InChI is InChI=1S/C19H23N3O5S/c1-19(2,3)27-18(24)20-14-9-7-8-13(12-14)17(23)21-15-10-5-6-11-16(15)22-28(4,25)26/h5-12,22H,1-4H3,(H,20,24)(H,21,23). The summed E-state index contributed by atoms with van der Waals surface area (Å²) in [7, 11) is -3.50. The first kappa shape index (κ1) is 21.2. The summed E-state index contributed by atoms with van der Waals surface area (Å²) >= 11 is 0. The number of hydrogen-bond donors (Lipinski definition) is 3. The molecule has 2 rings (SSSR count). The van der Waals surface area contributed by atoms with Gasteiger partial charge in [-0.25, -0.2) is 13.2 Å². The number of hydrogen-bond acceptors (Lipinski definition) is 5. The number of carbonyl (C=O) groups is 2. The van der Waals surface area contributed by atoms with Gasteiger partial charge in [0, 0.05) is 11.3 Å². The van der Waals surface area contributed by atoms with Crippen molar-refractivity contribution in [2.24, 2.45) is 0 Å². The van der Waals surface area contributed by atoms with Crippen LogP contribution < -0.4 is 15.4 Å². The fraction of sp³-hybridized carbons (Fsp3) is 0.263. The van der Waals surface area contributed by atoms with Gasteiger partial charge in [-0.1, -0.05) is 18.2 Å². The number of para-hydroxylation sites is 2. The first-order valence-electron chi connectivity index (χ1n) is 8.41. The van der Waals surface area contributed by atoms with Crippen LogP contribution in [0.2, 0.25) is 0 Å². The average Bonchev–Trinajstić information content (AvgIpc) is 2.53. The first-order chi connectivity index (χ1) is 12.9. The highest BCUT2D eigenvalue weighted by molar-refractivity contribution is 7.92. The Morgan fingerprint density at radius 1 is 0.929 bits per heavy atom. The van der Waals surface area contributed by atoms with Gasteiger partial charge >= 0.3 is 6.09 Å². The van der Waals surface area contributed by atoms with E-state index >= 15 is 0 Å². The Kier molecular flexibility index (Phi) is 6.30. The van der Waals surface area contributed by atoms with Crippen molar-refractivity contribution in [1.29, 1.82) is 0 Å². The van der Waals surface area contributed by atoms with Gasteiger partial charge in [0.25, 0.3) is 5.91 Å². The minimum atomic E-state index is -3.50. The summed E-state index contributed by atoms with van der Waals surface area (Å²) in [5.41, 5.74) is 0.590. The number of rotatable bonds is 5. The Labute approximate surface area is 164 Å². The Morgan fingerprint density at radius 3 is 2.18 bits per heavy atom. The lowest BCUT2D eigenvalue weighted by Crippen LogP contribution is -2.27. The van der Waals surface area contributed by atoms with Crippen molar-refractivity contribution in [2.45, 2.75) is 26.4 Å². The maximum Gasteiger partial charge on any atom is 0.412 e. The number of sulfonamides is 1. The molecule has 0 unspecified atom stereocenters. The third-order valence-electron chi connectivity index (χ3n) is 3.24. The normalized spacial score (nSPS) is 11.4. The van der Waals surface area contributed by atoms with Gasteiger partial charge in [-0.2, -0.15) is 0 Å². The van der Waals surface area contributed by atoms with Crippen molar-refractivity contribution in [3.63, 3.8) is 0 Å². The van der Waals surface area contributed by atoms with E-state index in [0.717, 1.165) is 6.26 Å². The molecule has 0 atom stereocenters. The van der Waals surface area contributed by atoms with Crippen molar-refractivity contribution in [3.8, 4) is 0 Å². The van der Waals surface area contributed by atoms with Gasteiger partial charge in [0.1, 0.15) is 5.60 Å². The van der Waals surface area contributed by atoms with Crippen molar-refractivity contribution >= 4 is 39.1 Å². The maximum atomic E-state index is 12.6. The number of nitrogens with one attached hydrogen (secondary N) is 3. The molecule has 2 aromatic carbocycles. The van der Waals surface area contributed by atoms with Crippen molar-refractivity contribution < 1.29 is 22.7 Å². The summed E-state index contributed by atoms with van der Waals surface area (Å²) in [6.45, 7) is 5.25. The Hall–Kier alpha value is -3.07. The van der Waals surface area contributed by atoms with Crippen molar-refractivity contribution in [3.05, 3.63) is 54.1 Å². The van der Waals surface area contributed by atoms with Crippen LogP contribution in [-0.2, 0) is 14.8 Å². The molecule has 0 aliphatic carbocycles. The van der Waals surface area contributed by atoms with Crippen molar-refractivity contribution in [2.75, 3.05) is 21.6 Å². The smallest absolute Gasteiger partial charge is 0.412 e. The molecular formula is C19H23N3O5S. The van der Waals surface area contributed by atoms with Gasteiger partial charge in [-0.15, -0.1) is 0 Å². The summed E-state index contributed by atoms with van der Waals surface area (Å²) in [5, 5.41) is 5.23. The molecule has 28 heavy (non-hydrogen) atoms. The second kappa shape index (κ2) is 8.30. The van der Waals surface area contributed by atoms with E-state index in [1.165, 1.54) is 12.1 Å². The van der Waals surface area contributed by atoms with E-state index in [1.807, 2.05) is 0 Å². The van der Waals surface area contributed by atoms with Gasteiger partial charge in [0.15, 0.2) is 0 Å². The molecule has 0 spiro atoms. The zero-order valence-corrected chi connectivity index (χ0v) is 16.9. The monoisotopic (exact) mass is 405 g/mol. The third kappa shape index (κ3) is 6.92. The second-order valence-corrected chi connectivity index (χ2v) is 8.83. The molecule has 9 heteroatoms. The van der Waals surface area contributed by atoms with Crippen LogP contribution in [0.15, 0.2) is 48.5 Å². The fourth-order valence-electron chi connectivity index (χ4n) is 2.23. The Bertz CT molecular complexity index is 981. The summed E-state index contributed by atoms with van der Waals surface area (Å²) in [6.07, 6.45) is 0.394. The first-order valence-corrected chi connectivity index (χ1v) is 10.3. The van der Waals surface area contributed by atoms with Gasteiger partial charge in [-0.05, 0) is 51.1 Å². The van der Waals surface area contributed by atoms with E-state index in [1.54, 1.807) is 57.2 Å². The average molecular weight is 405 g/mol. The van der Waals surface area contributed by atoms with Gasteiger partial charge in [0.2, 0.25) is 10.0 Å². The van der Waals surface area contributed by atoms with Crippen molar-refractivity contribution in [1.82, 2.24) is 0 Å². The number of amides is 2. The Balaban J connectivity index is 2.15. The molecular weight excluding hydrogens is 382 g/mol. The molecule has 0 bridgehead atoms. The predicted octanol–water partition coefficient (Wildman–Crippen LogP) is 3.66. The zero-order chi connectivity index (χ0) is 20.9. The van der Waals surface area contributed by atoms with E-state index in [2.05, 4.69) is 15.4 Å². The molecule has 0 aliphatic rings. The predicted molar refractivity (Wildman–Crippen MR) is 109 cm³/mol. The summed E-state index contributed by atoms with van der Waals surface area (Å²) in [6, 6.07) is 12.7. The SMILES string of the molecule is CC(C)(C)OC(=O)Nc1cccc(C(=O)Nc2ccccc2NS(C)(=O)=O)c1. The molecule has 0 radical (unpaired) electrons. The number of benzene rings is 2. The molecule has 3 N–H and O–H groups in total. The molecule has 8 nitrogen and oxygen atoms in total. The van der Waals surface area contributed by atoms with E-state index < -0.39 is 27.6 Å². The molecule has 0 aromatic heterocycles. The largest absolute Gasteiger partial charge is 0.444 e. The van der Waals surface area contributed by atoms with E-state index in [-0.39, 0.29) is 11.3 Å². The molecule has 0 saturated carbocycles. The highest BCUT2D eigenvalue weighted by Crippen LogP contribution is 2.23. The second-order valence-electron chi connectivity index (χ2n) is 7.08. The van der Waals surface area contributed by atoms with Crippen LogP contribution in [0.4, 0.5) is 21.9 Å². The molecule has 2 amide bonds. The number of anilines is 3. The lowest BCUT2D eigenvalue weighted by Gasteiger charge is -2.19. The van der Waals surface area contributed by atoms with E-state index in [9.17, 15) is 18.0 Å². The van der Waals surface area contributed by atoms with Crippen LogP contribution in [0.25, 0.3) is 0 Å². The molecule has 0 saturated heterocycles. The van der Waals surface area contributed by atoms with Crippen LogP contribution in [0, 0.1) is 0 Å². The van der Waals surface area contributed by atoms with Gasteiger partial charge in [0.05, 0.1) is 17.6 Å². The zero-order valence-electron chi connectivity index (χ0n) is 16.1. The topological polar surface area (TPSA) is 114 Å². The third-order valence-corrected chi connectivity index (χ3v) is 3.83. The van der Waals surface area contributed by atoms with Crippen LogP contribution in [0.1, 0.15) is 31.1 Å². The van der Waals surface area contributed by atoms with Crippen LogP contribution in [0.3, 0.4) is 0 Å². The fourth-order valence-corrected chi connectivity index (χ4v) is 2.81. The van der Waals surface area contributed by atoms with Gasteiger partial charge < -0.3 is 10.1 Å². The van der Waals surface area contributed by atoms with E-state index in [0.29, 0.717) is 11.4 Å². The number of carbonyl (C=O) groups excluding carboxylic acids is 2. The highest BCUT2D eigenvalue weighted by Gasteiger charge is 2.17. The lowest BCUT2D eigenvalue weighted by atomic mass is 10.1. The molecule has 150 valence electrons.